The number of nitriles is 2. The zero-order chi connectivity index (χ0) is 29.0. The molecule has 10 nitrogen and oxygen atoms in total. The normalized spacial score (nSPS) is 11.3. The second kappa shape index (κ2) is 12.3. The lowest BCUT2D eigenvalue weighted by Crippen LogP contribution is -2.07. The summed E-state index contributed by atoms with van der Waals surface area (Å²) in [5, 5.41) is 22.1. The lowest BCUT2D eigenvalue weighted by Gasteiger charge is -2.12. The van der Waals surface area contributed by atoms with Crippen molar-refractivity contribution in [3.8, 4) is 12.1 Å². The molecule has 0 atom stereocenters. The van der Waals surface area contributed by atoms with Crippen LogP contribution >= 0.6 is 11.3 Å². The predicted molar refractivity (Wildman–Crippen MR) is 156 cm³/mol. The minimum absolute atomic E-state index is 0.237. The van der Waals surface area contributed by atoms with E-state index in [2.05, 4.69) is 73.6 Å². The van der Waals surface area contributed by atoms with Crippen LogP contribution in [0.5, 0.6) is 0 Å². The molecule has 0 aliphatic rings. The average molecular weight is 555 g/mol. The highest BCUT2D eigenvalue weighted by Gasteiger charge is 2.20. The molecule has 0 saturated heterocycles. The summed E-state index contributed by atoms with van der Waals surface area (Å²) in [5.41, 5.74) is 4.96. The minimum Gasteiger partial charge on any atom is -0.324 e. The summed E-state index contributed by atoms with van der Waals surface area (Å²) in [6, 6.07) is 4.41. The predicted octanol–water partition coefficient (Wildman–Crippen LogP) is 6.09. The molecule has 5 aromatic heterocycles. The van der Waals surface area contributed by atoms with E-state index in [0.717, 1.165) is 56.7 Å². The molecule has 0 aliphatic heterocycles. The first kappa shape index (κ1) is 28.8. The van der Waals surface area contributed by atoms with Gasteiger partial charge in [0.2, 0.25) is 0 Å². The van der Waals surface area contributed by atoms with E-state index in [1.807, 2.05) is 23.1 Å². The van der Waals surface area contributed by atoms with Gasteiger partial charge in [0.25, 0.3) is 0 Å². The van der Waals surface area contributed by atoms with Crippen LogP contribution in [0, 0.1) is 22.7 Å². The Labute approximate surface area is 238 Å². The van der Waals surface area contributed by atoms with Gasteiger partial charge in [0.05, 0.1) is 41.3 Å². The summed E-state index contributed by atoms with van der Waals surface area (Å²) in [4.78, 5) is 27.1. The second-order valence-corrected chi connectivity index (χ2v) is 11.4. The van der Waals surface area contributed by atoms with Gasteiger partial charge in [0.15, 0.2) is 5.65 Å². The van der Waals surface area contributed by atoms with Crippen molar-refractivity contribution in [1.29, 1.82) is 10.5 Å². The lowest BCUT2D eigenvalue weighted by atomic mass is 10.0. The molecule has 0 radical (unpaired) electrons. The molecule has 5 heterocycles. The molecule has 0 unspecified atom stereocenters. The van der Waals surface area contributed by atoms with Crippen LogP contribution in [0.1, 0.15) is 99.8 Å². The fraction of sp³-hybridized carbons (Fsp3) is 0.448. The smallest absolute Gasteiger partial charge is 0.164 e. The second-order valence-electron chi connectivity index (χ2n) is 10.4. The first-order valence-corrected chi connectivity index (χ1v) is 14.3. The number of nitrogens with zero attached hydrogens (tertiary/aromatic N) is 10. The van der Waals surface area contributed by atoms with E-state index in [1.165, 1.54) is 0 Å². The fourth-order valence-electron chi connectivity index (χ4n) is 4.35. The lowest BCUT2D eigenvalue weighted by molar-refractivity contribution is 0.731. The Morgan fingerprint density at radius 1 is 0.875 bits per heavy atom. The summed E-state index contributed by atoms with van der Waals surface area (Å²) in [6.07, 6.45) is 6.11. The maximum absolute atomic E-state index is 9.53. The summed E-state index contributed by atoms with van der Waals surface area (Å²) in [5.74, 6) is 2.41. The number of fused-ring (bicyclic) bond motifs is 2. The van der Waals surface area contributed by atoms with Gasteiger partial charge < -0.3 is 9.13 Å². The van der Waals surface area contributed by atoms with Crippen LogP contribution in [-0.4, -0.2) is 39.0 Å². The highest BCUT2D eigenvalue weighted by atomic mass is 32.1. The molecule has 5 aromatic rings. The molecular formula is C29H34N10S. The van der Waals surface area contributed by atoms with Crippen molar-refractivity contribution in [3.63, 3.8) is 0 Å². The topological polar surface area (TPSA) is 135 Å². The first-order chi connectivity index (χ1) is 19.2. The Morgan fingerprint density at radius 2 is 1.62 bits per heavy atom. The van der Waals surface area contributed by atoms with E-state index in [-0.39, 0.29) is 18.4 Å². The maximum atomic E-state index is 9.53. The third kappa shape index (κ3) is 5.85. The molecule has 0 bridgehead atoms. The van der Waals surface area contributed by atoms with Crippen molar-refractivity contribution in [3.05, 3.63) is 57.7 Å². The van der Waals surface area contributed by atoms with Crippen molar-refractivity contribution < 1.29 is 0 Å². The molecule has 11 heteroatoms. The first-order valence-electron chi connectivity index (χ1n) is 13.5. The third-order valence-corrected chi connectivity index (χ3v) is 7.14. The van der Waals surface area contributed by atoms with Crippen molar-refractivity contribution in [2.75, 3.05) is 0 Å². The van der Waals surface area contributed by atoms with Crippen molar-refractivity contribution in [2.45, 2.75) is 85.7 Å². The van der Waals surface area contributed by atoms with E-state index in [0.29, 0.717) is 18.0 Å². The van der Waals surface area contributed by atoms with Crippen LogP contribution in [0.4, 0.5) is 0 Å². The molecule has 0 N–H and O–H groups in total. The van der Waals surface area contributed by atoms with Crippen molar-refractivity contribution in [2.24, 2.45) is 0 Å². The van der Waals surface area contributed by atoms with Crippen LogP contribution in [0.15, 0.2) is 24.1 Å². The molecule has 0 fully saturated rings. The molecule has 0 aromatic carbocycles. The Hall–Kier alpha value is -4.22. The molecule has 0 spiro atoms. The number of hydrogen-bond acceptors (Lipinski definition) is 9. The van der Waals surface area contributed by atoms with Gasteiger partial charge in [-0.1, -0.05) is 48.5 Å². The number of aryl methyl sites for hydroxylation is 1. The van der Waals surface area contributed by atoms with Crippen molar-refractivity contribution in [1.82, 2.24) is 39.0 Å². The number of rotatable bonds is 7. The molecule has 0 aliphatic carbocycles. The Kier molecular flexibility index (Phi) is 8.86. The summed E-state index contributed by atoms with van der Waals surface area (Å²) >= 11 is 1.61. The Morgan fingerprint density at radius 3 is 2.20 bits per heavy atom. The van der Waals surface area contributed by atoms with Crippen LogP contribution in [0.25, 0.3) is 22.2 Å². The quantitative estimate of drug-likeness (QED) is 0.236. The van der Waals surface area contributed by atoms with Gasteiger partial charge in [0, 0.05) is 30.1 Å². The molecule has 5 rings (SSSR count). The average Bonchev–Trinajstić information content (AvgIpc) is 3.68. The van der Waals surface area contributed by atoms with Gasteiger partial charge in [-0.25, -0.2) is 29.9 Å². The van der Waals surface area contributed by atoms with Crippen LogP contribution in [-0.2, 0) is 19.5 Å². The number of aromatic nitrogens is 8. The number of hydrogen-bond donors (Lipinski definition) is 0. The van der Waals surface area contributed by atoms with Gasteiger partial charge in [0.1, 0.15) is 40.4 Å². The van der Waals surface area contributed by atoms with Crippen LogP contribution in [0.2, 0.25) is 0 Å². The zero-order valence-corrected chi connectivity index (χ0v) is 24.9. The van der Waals surface area contributed by atoms with Gasteiger partial charge in [-0.05, 0) is 11.8 Å². The van der Waals surface area contributed by atoms with Crippen LogP contribution < -0.4 is 0 Å². The molecule has 0 saturated carbocycles. The van der Waals surface area contributed by atoms with Crippen LogP contribution in [0.3, 0.4) is 0 Å². The highest BCUT2D eigenvalue weighted by molar-refractivity contribution is 7.09. The van der Waals surface area contributed by atoms with Gasteiger partial charge in [-0.2, -0.15) is 10.5 Å². The van der Waals surface area contributed by atoms with E-state index in [1.54, 1.807) is 28.4 Å². The highest BCUT2D eigenvalue weighted by Crippen LogP contribution is 2.29. The largest absolute Gasteiger partial charge is 0.324 e. The summed E-state index contributed by atoms with van der Waals surface area (Å²) in [7, 11) is 0. The van der Waals surface area contributed by atoms with Crippen molar-refractivity contribution >= 4 is 33.5 Å². The van der Waals surface area contributed by atoms with E-state index < -0.39 is 0 Å². The zero-order valence-electron chi connectivity index (χ0n) is 24.0. The van der Waals surface area contributed by atoms with Gasteiger partial charge >= 0.3 is 0 Å². The summed E-state index contributed by atoms with van der Waals surface area (Å²) < 4.78 is 3.79. The number of imidazole rings is 1. The maximum Gasteiger partial charge on any atom is 0.164 e. The van der Waals surface area contributed by atoms with Gasteiger partial charge in [-0.3, -0.25) is 0 Å². The summed E-state index contributed by atoms with van der Waals surface area (Å²) in [6.45, 7) is 15.5. The standard InChI is InChI=1S/C17H19N5S.C12H15N5/c1-10(2)15-14-12(7-18)8-22(9-13-19-5-6-23-13)17(14)21-16(20-15)11(3)4;1-4-9-15-10(8(2)3)11-12(16-9)17(6-5-13)7-14-11/h5-6,8,10-11H,9H2,1-4H3;7-8H,4,6H2,1-3H3. The molecular weight excluding hydrogens is 520 g/mol. The molecule has 206 valence electrons. The van der Waals surface area contributed by atoms with E-state index in [4.69, 9.17) is 15.2 Å². The van der Waals surface area contributed by atoms with E-state index in [9.17, 15) is 5.26 Å². The third-order valence-electron chi connectivity index (χ3n) is 6.38. The number of thiazole rings is 1. The minimum atomic E-state index is 0.237. The Bertz CT molecular complexity index is 1700. The fourth-order valence-corrected chi connectivity index (χ4v) is 4.97. The Balaban J connectivity index is 0.000000194. The molecule has 0 amide bonds. The van der Waals surface area contributed by atoms with Gasteiger partial charge in [-0.15, -0.1) is 11.3 Å². The molecule has 40 heavy (non-hydrogen) atoms. The SMILES string of the molecule is CC(C)c1nc(C(C)C)c2c(C#N)cn(Cc3nccs3)c2n1.CCc1nc(C(C)C)c2ncn(CC#N)c2n1. The van der Waals surface area contributed by atoms with E-state index >= 15 is 0 Å². The monoisotopic (exact) mass is 554 g/mol.